The second-order valence-corrected chi connectivity index (χ2v) is 26.6. The van der Waals surface area contributed by atoms with Crippen LogP contribution in [0.4, 0.5) is 0 Å². The first kappa shape index (κ1) is 79.9. The molecule has 82 heavy (non-hydrogen) atoms. The van der Waals surface area contributed by atoms with Crippen molar-refractivity contribution in [1.82, 2.24) is 5.32 Å². The molecule has 0 bridgehead atoms. The predicted octanol–water partition coefficient (Wildman–Crippen LogP) is 21.9. The van der Waals surface area contributed by atoms with Crippen molar-refractivity contribution in [3.8, 4) is 0 Å². The molecule has 0 aliphatic rings. The average molecular weight is 1170 g/mol. The molecule has 0 aliphatic carbocycles. The summed E-state index contributed by atoms with van der Waals surface area (Å²) >= 11 is 0. The van der Waals surface area contributed by atoms with Crippen molar-refractivity contribution < 1.29 is 32.9 Å². The van der Waals surface area contributed by atoms with Crippen LogP contribution in [0, 0.1) is 0 Å². The van der Waals surface area contributed by atoms with Crippen LogP contribution in [0.5, 0.6) is 0 Å². The number of unbranched alkanes of at least 4 members (excludes halogenated alkanes) is 42. The Labute approximate surface area is 510 Å². The summed E-state index contributed by atoms with van der Waals surface area (Å²) in [6.07, 6.45) is 88.9. The number of hydrogen-bond acceptors (Lipinski definition) is 6. The third kappa shape index (κ3) is 65.5. The molecule has 9 heteroatoms. The van der Waals surface area contributed by atoms with Gasteiger partial charge in [-0.15, -0.1) is 0 Å². The van der Waals surface area contributed by atoms with E-state index in [0.29, 0.717) is 17.4 Å². The lowest BCUT2D eigenvalue weighted by Gasteiger charge is -2.29. The van der Waals surface area contributed by atoms with E-state index in [1.54, 1.807) is 6.08 Å². The SMILES string of the molecule is CCCCCCC/C=C\C/C=C\C/C=C\CCCCCCCCCCCCCCCCCCCCCCCCC(=O)NC(COP(=O)([O-])OCC[N+](C)(C)C)C(O)/C=C/CC/C=C/CC/C=C/CCCCCCCCCCCCCCC. The van der Waals surface area contributed by atoms with Crippen LogP contribution < -0.4 is 10.2 Å². The van der Waals surface area contributed by atoms with Gasteiger partial charge >= 0.3 is 0 Å². The number of carbonyl (C=O) groups excluding carboxylic acids is 1. The molecule has 0 aromatic rings. The topological polar surface area (TPSA) is 108 Å². The molecule has 0 saturated heterocycles. The highest BCUT2D eigenvalue weighted by atomic mass is 31.2. The lowest BCUT2D eigenvalue weighted by atomic mass is 10.0. The van der Waals surface area contributed by atoms with Gasteiger partial charge in [0, 0.05) is 6.42 Å². The molecule has 0 aromatic carbocycles. The highest BCUT2D eigenvalue weighted by molar-refractivity contribution is 7.45. The van der Waals surface area contributed by atoms with E-state index in [4.69, 9.17) is 9.05 Å². The monoisotopic (exact) mass is 1170 g/mol. The Morgan fingerprint density at radius 2 is 0.720 bits per heavy atom. The Hall–Kier alpha value is -2.06. The number of carbonyl (C=O) groups is 1. The van der Waals surface area contributed by atoms with Gasteiger partial charge in [-0.3, -0.25) is 9.36 Å². The number of aliphatic hydroxyl groups excluding tert-OH is 1. The van der Waals surface area contributed by atoms with Crippen molar-refractivity contribution in [3.05, 3.63) is 72.9 Å². The number of likely N-dealkylation sites (N-methyl/N-ethyl adjacent to an activating group) is 1. The third-order valence-electron chi connectivity index (χ3n) is 15.9. The van der Waals surface area contributed by atoms with Gasteiger partial charge < -0.3 is 28.8 Å². The van der Waals surface area contributed by atoms with Crippen molar-refractivity contribution in [3.63, 3.8) is 0 Å². The second-order valence-electron chi connectivity index (χ2n) is 25.2. The largest absolute Gasteiger partial charge is 0.756 e. The van der Waals surface area contributed by atoms with Gasteiger partial charge in [0.15, 0.2) is 0 Å². The Balaban J connectivity index is 4.04. The zero-order chi connectivity index (χ0) is 59.8. The zero-order valence-electron chi connectivity index (χ0n) is 54.9. The molecule has 0 rings (SSSR count). The number of phosphoric ester groups is 1. The minimum absolute atomic E-state index is 0.00938. The van der Waals surface area contributed by atoms with E-state index in [1.165, 1.54) is 257 Å². The molecule has 2 N–H and O–H groups in total. The summed E-state index contributed by atoms with van der Waals surface area (Å²) in [5.74, 6) is -0.207. The highest BCUT2D eigenvalue weighted by Crippen LogP contribution is 2.38. The summed E-state index contributed by atoms with van der Waals surface area (Å²) in [4.78, 5) is 25.6. The quantitative estimate of drug-likeness (QED) is 0.0272. The number of rotatable bonds is 65. The summed E-state index contributed by atoms with van der Waals surface area (Å²) in [6, 6.07) is -0.912. The van der Waals surface area contributed by atoms with E-state index in [-0.39, 0.29) is 12.5 Å². The van der Waals surface area contributed by atoms with Crippen molar-refractivity contribution in [1.29, 1.82) is 0 Å². The Morgan fingerprint density at radius 1 is 0.427 bits per heavy atom. The van der Waals surface area contributed by atoms with Crippen LogP contribution in [0.1, 0.15) is 335 Å². The van der Waals surface area contributed by atoms with Gasteiger partial charge in [-0.25, -0.2) is 0 Å². The first-order chi connectivity index (χ1) is 40.0. The number of nitrogens with zero attached hydrogens (tertiary/aromatic N) is 1. The zero-order valence-corrected chi connectivity index (χ0v) is 55.8. The van der Waals surface area contributed by atoms with Crippen LogP contribution in [-0.4, -0.2) is 68.5 Å². The van der Waals surface area contributed by atoms with E-state index < -0.39 is 26.6 Å². The molecule has 3 unspecified atom stereocenters. The Kier molecular flexibility index (Phi) is 61.8. The maximum absolute atomic E-state index is 13.0. The summed E-state index contributed by atoms with van der Waals surface area (Å²) in [7, 11) is 1.24. The Bertz CT molecular complexity index is 1570. The number of aliphatic hydroxyl groups is 1. The minimum Gasteiger partial charge on any atom is -0.756 e. The van der Waals surface area contributed by atoms with E-state index in [0.717, 1.165) is 57.8 Å². The molecule has 8 nitrogen and oxygen atoms in total. The third-order valence-corrected chi connectivity index (χ3v) is 16.8. The average Bonchev–Trinajstić information content (AvgIpc) is 3.47. The second kappa shape index (κ2) is 63.4. The van der Waals surface area contributed by atoms with Crippen LogP contribution in [0.2, 0.25) is 0 Å². The van der Waals surface area contributed by atoms with Crippen molar-refractivity contribution >= 4 is 13.7 Å². The molecule has 1 amide bonds. The van der Waals surface area contributed by atoms with Gasteiger partial charge in [0.05, 0.1) is 39.9 Å². The van der Waals surface area contributed by atoms with E-state index >= 15 is 0 Å². The number of nitrogens with one attached hydrogen (secondary N) is 1. The molecule has 0 aliphatic heterocycles. The number of phosphoric acid groups is 1. The molecule has 3 atom stereocenters. The molecule has 0 heterocycles. The molecule has 0 saturated carbocycles. The fourth-order valence-electron chi connectivity index (χ4n) is 10.4. The number of allylic oxidation sites excluding steroid dienone is 11. The number of amides is 1. The van der Waals surface area contributed by atoms with Crippen LogP contribution in [0.3, 0.4) is 0 Å². The van der Waals surface area contributed by atoms with Crippen molar-refractivity contribution in [2.75, 3.05) is 40.9 Å². The fraction of sp³-hybridized carbons (Fsp3) is 0.822. The lowest BCUT2D eigenvalue weighted by Crippen LogP contribution is -2.45. The molecule has 0 fully saturated rings. The summed E-state index contributed by atoms with van der Waals surface area (Å²) in [5, 5.41) is 13.9. The van der Waals surface area contributed by atoms with Gasteiger partial charge in [-0.2, -0.15) is 0 Å². The van der Waals surface area contributed by atoms with Gasteiger partial charge in [0.1, 0.15) is 13.2 Å². The maximum atomic E-state index is 13.0. The lowest BCUT2D eigenvalue weighted by molar-refractivity contribution is -0.870. The number of hydrogen-bond donors (Lipinski definition) is 2. The predicted molar refractivity (Wildman–Crippen MR) is 357 cm³/mol. The number of quaternary nitrogens is 1. The molecular weight excluding hydrogens is 1030 g/mol. The molecule has 0 spiro atoms. The first-order valence-electron chi connectivity index (χ1n) is 35.3. The highest BCUT2D eigenvalue weighted by Gasteiger charge is 2.23. The summed E-state index contributed by atoms with van der Waals surface area (Å²) < 4.78 is 23.4. The first-order valence-corrected chi connectivity index (χ1v) is 36.8. The van der Waals surface area contributed by atoms with E-state index in [2.05, 4.69) is 79.9 Å². The van der Waals surface area contributed by atoms with Crippen LogP contribution in [0.15, 0.2) is 72.9 Å². The Morgan fingerprint density at radius 3 is 1.07 bits per heavy atom. The smallest absolute Gasteiger partial charge is 0.268 e. The van der Waals surface area contributed by atoms with Gasteiger partial charge in [-0.1, -0.05) is 318 Å². The van der Waals surface area contributed by atoms with Gasteiger partial charge in [-0.05, 0) is 83.5 Å². The van der Waals surface area contributed by atoms with Gasteiger partial charge in [0.25, 0.3) is 7.82 Å². The standard InChI is InChI=1S/C73H137N2O6P/c1-6-8-10-12-14-16-18-20-22-24-26-28-30-31-32-33-34-35-36-37-38-39-40-41-42-43-45-47-49-51-53-55-57-59-61-63-65-67-73(77)74-71(70-81-82(78,79)80-69-68-75(3,4)5)72(76)66-64-62-60-58-56-54-52-50-48-46-44-29-27-25-23-21-19-17-15-13-11-9-7-2/h18,20,24,26,30-31,48,50,56,58,64,66,71-72,76H,6-17,19,21-23,25,27-29,32-47,49,51-55,57,59-63,65,67-70H2,1-5H3,(H-,74,77,78,79)/b20-18-,26-24-,31-30-,50-48+,58-56+,66-64+. The fourth-order valence-corrected chi connectivity index (χ4v) is 11.1. The van der Waals surface area contributed by atoms with E-state index in [9.17, 15) is 19.4 Å². The summed E-state index contributed by atoms with van der Waals surface area (Å²) in [6.45, 7) is 4.64. The molecular formula is C73H137N2O6P. The van der Waals surface area contributed by atoms with Crippen molar-refractivity contribution in [2.24, 2.45) is 0 Å². The van der Waals surface area contributed by atoms with Gasteiger partial charge in [0.2, 0.25) is 5.91 Å². The van der Waals surface area contributed by atoms with Crippen LogP contribution >= 0.6 is 7.82 Å². The summed E-state index contributed by atoms with van der Waals surface area (Å²) in [5.41, 5.74) is 0. The maximum Gasteiger partial charge on any atom is 0.268 e. The molecule has 0 aromatic heterocycles. The van der Waals surface area contributed by atoms with E-state index in [1.807, 2.05) is 27.2 Å². The minimum atomic E-state index is -4.62. The van der Waals surface area contributed by atoms with Crippen LogP contribution in [0.25, 0.3) is 0 Å². The molecule has 0 radical (unpaired) electrons. The van der Waals surface area contributed by atoms with Crippen LogP contribution in [-0.2, 0) is 18.4 Å². The van der Waals surface area contributed by atoms with Crippen molar-refractivity contribution in [2.45, 2.75) is 347 Å². The normalized spacial score (nSPS) is 14.1. The molecule has 480 valence electrons.